The van der Waals surface area contributed by atoms with Crippen molar-refractivity contribution in [2.75, 3.05) is 11.9 Å². The van der Waals surface area contributed by atoms with Crippen molar-refractivity contribution in [3.63, 3.8) is 0 Å². The molecule has 2 aromatic rings. The van der Waals surface area contributed by atoms with Gasteiger partial charge in [-0.05, 0) is 23.1 Å². The Labute approximate surface area is 199 Å². The maximum atomic E-state index is 13.5. The van der Waals surface area contributed by atoms with Gasteiger partial charge in [-0.2, -0.15) is 5.10 Å². The van der Waals surface area contributed by atoms with E-state index in [-0.39, 0.29) is 36.0 Å². The van der Waals surface area contributed by atoms with Gasteiger partial charge in [-0.3, -0.25) is 14.4 Å². The molecule has 0 unspecified atom stereocenters. The van der Waals surface area contributed by atoms with Crippen LogP contribution in [-0.2, 0) is 17.9 Å². The molecular formula is C26H35F3N4O. The Balaban J connectivity index is 0.000000620. The van der Waals surface area contributed by atoms with Crippen molar-refractivity contribution in [2.24, 2.45) is 5.41 Å². The number of alkyl halides is 2. The highest BCUT2D eigenvalue weighted by Gasteiger charge is 2.48. The van der Waals surface area contributed by atoms with Gasteiger partial charge >= 0.3 is 0 Å². The fourth-order valence-electron chi connectivity index (χ4n) is 4.45. The van der Waals surface area contributed by atoms with E-state index in [1.165, 1.54) is 37.8 Å². The van der Waals surface area contributed by atoms with E-state index in [1.54, 1.807) is 12.1 Å². The SMILES string of the molecule is C1CCC1.CC(C)(C)CC(=O)Nc1nn2c(c1-c1ccc(F)cc1)CN(C1CC(F)(F)C1)CC2. The smallest absolute Gasteiger partial charge is 0.251 e. The third-order valence-corrected chi connectivity index (χ3v) is 6.68. The molecule has 34 heavy (non-hydrogen) atoms. The second kappa shape index (κ2) is 9.72. The predicted octanol–water partition coefficient (Wildman–Crippen LogP) is 6.24. The van der Waals surface area contributed by atoms with E-state index in [0.717, 1.165) is 16.8 Å². The number of halogens is 3. The summed E-state index contributed by atoms with van der Waals surface area (Å²) in [5.41, 5.74) is 2.15. The third-order valence-electron chi connectivity index (χ3n) is 6.68. The Morgan fingerprint density at radius 1 is 1.09 bits per heavy atom. The van der Waals surface area contributed by atoms with Crippen molar-refractivity contribution in [1.29, 1.82) is 0 Å². The summed E-state index contributed by atoms with van der Waals surface area (Å²) < 4.78 is 42.1. The van der Waals surface area contributed by atoms with Crippen LogP contribution in [0.3, 0.4) is 0 Å². The summed E-state index contributed by atoms with van der Waals surface area (Å²) in [7, 11) is 0. The lowest BCUT2D eigenvalue weighted by Crippen LogP contribution is -2.52. The van der Waals surface area contributed by atoms with Crippen LogP contribution in [0.2, 0.25) is 0 Å². The van der Waals surface area contributed by atoms with Crippen molar-refractivity contribution in [3.05, 3.63) is 35.8 Å². The topological polar surface area (TPSA) is 50.2 Å². The van der Waals surface area contributed by atoms with E-state index >= 15 is 0 Å². The number of anilines is 1. The standard InChI is InChI=1S/C22H27F3N4O.C4H8/c1-21(2,3)12-18(30)26-20-19(14-4-6-15(23)7-5-14)17-13-28(8-9-29(17)27-20)16-10-22(24,25)11-16;1-2-4-3-1/h4-7,16H,8-13H2,1-3H3,(H,26,27,30);1-4H2. The van der Waals surface area contributed by atoms with Gasteiger partial charge in [0.15, 0.2) is 5.82 Å². The van der Waals surface area contributed by atoms with Crippen molar-refractivity contribution in [2.45, 2.75) is 90.8 Å². The molecular weight excluding hydrogens is 441 g/mol. The molecule has 8 heteroatoms. The quantitative estimate of drug-likeness (QED) is 0.569. The normalized spacial score (nSPS) is 19.8. The van der Waals surface area contributed by atoms with Gasteiger partial charge in [0, 0.05) is 44.0 Å². The number of fused-ring (bicyclic) bond motifs is 1. The molecule has 5 rings (SSSR count). The Morgan fingerprint density at radius 3 is 2.24 bits per heavy atom. The van der Waals surface area contributed by atoms with Gasteiger partial charge in [0.1, 0.15) is 5.82 Å². The molecule has 5 nitrogen and oxygen atoms in total. The summed E-state index contributed by atoms with van der Waals surface area (Å²) in [5, 5.41) is 7.52. The Bertz CT molecular complexity index is 994. The average molecular weight is 477 g/mol. The van der Waals surface area contributed by atoms with E-state index in [0.29, 0.717) is 31.9 Å². The Hall–Kier alpha value is -2.35. The number of aromatic nitrogens is 2. The zero-order valence-electron chi connectivity index (χ0n) is 20.3. The van der Waals surface area contributed by atoms with E-state index in [2.05, 4.69) is 15.3 Å². The lowest BCUT2D eigenvalue weighted by Gasteiger charge is -2.44. The molecule has 1 aromatic carbocycles. The number of nitrogens with zero attached hydrogens (tertiary/aromatic N) is 3. The van der Waals surface area contributed by atoms with Crippen LogP contribution in [0.25, 0.3) is 11.1 Å². The number of rotatable bonds is 4. The van der Waals surface area contributed by atoms with Crippen molar-refractivity contribution < 1.29 is 18.0 Å². The first-order valence-electron chi connectivity index (χ1n) is 12.3. The second-order valence-corrected chi connectivity index (χ2v) is 11.0. The first-order valence-corrected chi connectivity index (χ1v) is 12.3. The summed E-state index contributed by atoms with van der Waals surface area (Å²) >= 11 is 0. The number of carbonyl (C=O) groups excluding carboxylic acids is 1. The highest BCUT2D eigenvalue weighted by molar-refractivity contribution is 5.95. The van der Waals surface area contributed by atoms with E-state index < -0.39 is 5.92 Å². The molecule has 2 aliphatic carbocycles. The van der Waals surface area contributed by atoms with Gasteiger partial charge in [0.2, 0.25) is 5.91 Å². The predicted molar refractivity (Wildman–Crippen MR) is 127 cm³/mol. The minimum atomic E-state index is -2.58. The van der Waals surface area contributed by atoms with Crippen LogP contribution in [0.1, 0.15) is 71.4 Å². The average Bonchev–Trinajstić information content (AvgIpc) is 3.00. The molecule has 1 N–H and O–H groups in total. The molecule has 0 radical (unpaired) electrons. The van der Waals surface area contributed by atoms with Gasteiger partial charge in [0.05, 0.1) is 12.2 Å². The first-order chi connectivity index (χ1) is 16.0. The molecule has 186 valence electrons. The van der Waals surface area contributed by atoms with Crippen LogP contribution in [0.15, 0.2) is 24.3 Å². The van der Waals surface area contributed by atoms with Crippen molar-refractivity contribution in [3.8, 4) is 11.1 Å². The molecule has 0 bridgehead atoms. The molecule has 2 saturated carbocycles. The lowest BCUT2D eigenvalue weighted by molar-refractivity contribution is -0.128. The molecule has 0 spiro atoms. The lowest BCUT2D eigenvalue weighted by atomic mass is 9.86. The van der Waals surface area contributed by atoms with Gasteiger partial charge in [-0.1, -0.05) is 58.6 Å². The third kappa shape index (κ3) is 6.01. The molecule has 1 amide bonds. The largest absolute Gasteiger partial charge is 0.309 e. The van der Waals surface area contributed by atoms with Gasteiger partial charge in [0.25, 0.3) is 5.92 Å². The van der Waals surface area contributed by atoms with Crippen molar-refractivity contribution >= 4 is 11.7 Å². The minimum Gasteiger partial charge on any atom is -0.309 e. The van der Waals surface area contributed by atoms with Gasteiger partial charge in [-0.25, -0.2) is 13.2 Å². The summed E-state index contributed by atoms with van der Waals surface area (Å²) in [4.78, 5) is 14.6. The highest BCUT2D eigenvalue weighted by Crippen LogP contribution is 2.43. The van der Waals surface area contributed by atoms with Crippen molar-refractivity contribution in [1.82, 2.24) is 14.7 Å². The van der Waals surface area contributed by atoms with Crippen LogP contribution >= 0.6 is 0 Å². The molecule has 2 heterocycles. The minimum absolute atomic E-state index is 0.123. The van der Waals surface area contributed by atoms with Gasteiger partial charge in [-0.15, -0.1) is 0 Å². The first kappa shape index (κ1) is 24.8. The number of benzene rings is 1. The molecule has 1 aromatic heterocycles. The zero-order valence-corrected chi connectivity index (χ0v) is 20.3. The maximum Gasteiger partial charge on any atom is 0.251 e. The summed E-state index contributed by atoms with van der Waals surface area (Å²) in [6.45, 7) is 7.61. The van der Waals surface area contributed by atoms with Crippen LogP contribution in [-0.4, -0.2) is 39.1 Å². The number of nitrogens with one attached hydrogen (secondary N) is 1. The monoisotopic (exact) mass is 476 g/mol. The summed E-state index contributed by atoms with van der Waals surface area (Å²) in [6, 6.07) is 5.90. The van der Waals surface area contributed by atoms with Crippen LogP contribution in [0.5, 0.6) is 0 Å². The molecule has 3 aliphatic rings. The Kier molecular flexibility index (Phi) is 7.08. The zero-order chi connectivity index (χ0) is 24.5. The van der Waals surface area contributed by atoms with Crippen LogP contribution in [0, 0.1) is 11.2 Å². The molecule has 2 fully saturated rings. The number of hydrogen-bond acceptors (Lipinski definition) is 3. The number of carbonyl (C=O) groups is 1. The second-order valence-electron chi connectivity index (χ2n) is 11.0. The molecule has 1 aliphatic heterocycles. The fraction of sp³-hybridized carbons (Fsp3) is 0.615. The van der Waals surface area contributed by atoms with Gasteiger partial charge < -0.3 is 5.32 Å². The summed E-state index contributed by atoms with van der Waals surface area (Å²) in [5.74, 6) is -2.63. The Morgan fingerprint density at radius 2 is 1.71 bits per heavy atom. The highest BCUT2D eigenvalue weighted by atomic mass is 19.3. The number of hydrogen-bond donors (Lipinski definition) is 1. The fourth-order valence-corrected chi connectivity index (χ4v) is 4.45. The van der Waals surface area contributed by atoms with Crippen LogP contribution in [0.4, 0.5) is 19.0 Å². The van der Waals surface area contributed by atoms with E-state index in [1.807, 2.05) is 25.5 Å². The number of amides is 1. The van der Waals surface area contributed by atoms with E-state index in [4.69, 9.17) is 0 Å². The summed E-state index contributed by atoms with van der Waals surface area (Å²) in [6.07, 6.45) is 6.09. The van der Waals surface area contributed by atoms with Crippen LogP contribution < -0.4 is 5.32 Å². The maximum absolute atomic E-state index is 13.5. The molecule has 0 saturated heterocycles. The van der Waals surface area contributed by atoms with E-state index in [9.17, 15) is 18.0 Å². The molecule has 0 atom stereocenters.